The van der Waals surface area contributed by atoms with E-state index < -0.39 is 0 Å². The Morgan fingerprint density at radius 1 is 0.595 bits per heavy atom. The molecule has 0 amide bonds. The van der Waals surface area contributed by atoms with Crippen molar-refractivity contribution in [2.75, 3.05) is 54.0 Å². The first-order valence-electron chi connectivity index (χ1n) is 15.8. The average Bonchev–Trinajstić information content (AvgIpc) is 2.98. The third-order valence-electron chi connectivity index (χ3n) is 9.00. The average molecular weight is 568 g/mol. The number of benzene rings is 3. The molecule has 0 saturated heterocycles. The fraction of sp³-hybridized carbons (Fsp3) is 0.432. The van der Waals surface area contributed by atoms with E-state index in [9.17, 15) is 4.79 Å². The van der Waals surface area contributed by atoms with Crippen LogP contribution in [0.2, 0.25) is 0 Å². The minimum Gasteiger partial charge on any atom is -0.422 e. The zero-order chi connectivity index (χ0) is 30.6. The van der Waals surface area contributed by atoms with Gasteiger partial charge in [-0.25, -0.2) is 4.79 Å². The summed E-state index contributed by atoms with van der Waals surface area (Å²) in [5.41, 5.74) is 10.2. The Morgan fingerprint density at radius 2 is 1.00 bits per heavy atom. The van der Waals surface area contributed by atoms with Gasteiger partial charge in [0, 0.05) is 73.7 Å². The summed E-state index contributed by atoms with van der Waals surface area (Å²) in [7, 11) is 0. The molecule has 0 aliphatic heterocycles. The van der Waals surface area contributed by atoms with Crippen molar-refractivity contribution in [2.45, 2.75) is 68.2 Å². The van der Waals surface area contributed by atoms with Crippen LogP contribution in [-0.4, -0.2) is 39.3 Å². The molecule has 5 nitrogen and oxygen atoms in total. The predicted octanol–water partition coefficient (Wildman–Crippen LogP) is 8.44. The van der Waals surface area contributed by atoms with E-state index >= 15 is 0 Å². The van der Waals surface area contributed by atoms with Crippen LogP contribution in [0.15, 0.2) is 63.8 Å². The summed E-state index contributed by atoms with van der Waals surface area (Å²) in [5, 5.41) is 0.986. The second-order valence-corrected chi connectivity index (χ2v) is 11.1. The van der Waals surface area contributed by atoms with Crippen LogP contribution in [0.3, 0.4) is 0 Å². The Labute approximate surface area is 252 Å². The smallest absolute Gasteiger partial charge is 0.340 e. The Morgan fingerprint density at radius 3 is 1.40 bits per heavy atom. The van der Waals surface area contributed by atoms with Crippen LogP contribution in [0.4, 0.5) is 17.1 Å². The zero-order valence-electron chi connectivity index (χ0n) is 27.2. The van der Waals surface area contributed by atoms with Gasteiger partial charge in [-0.05, 0) is 127 Å². The number of rotatable bonds is 12. The molecule has 0 radical (unpaired) electrons. The van der Waals surface area contributed by atoms with Gasteiger partial charge in [0.25, 0.3) is 0 Å². The summed E-state index contributed by atoms with van der Waals surface area (Å²) in [5.74, 6) is -0.246. The number of hydrogen-bond donors (Lipinski definition) is 0. The van der Waals surface area contributed by atoms with Gasteiger partial charge in [-0.15, -0.1) is 0 Å². The highest BCUT2D eigenvalue weighted by molar-refractivity contribution is 5.85. The van der Waals surface area contributed by atoms with E-state index in [2.05, 4.69) is 126 Å². The van der Waals surface area contributed by atoms with E-state index in [-0.39, 0.29) is 11.5 Å². The second-order valence-electron chi connectivity index (χ2n) is 11.1. The minimum atomic E-state index is -0.263. The molecular formula is C37H49N3O2. The maximum atomic E-state index is 14.0. The Kier molecular flexibility index (Phi) is 10.0. The Bertz CT molecular complexity index is 1510. The molecule has 4 rings (SSSR count). The van der Waals surface area contributed by atoms with Crippen molar-refractivity contribution in [3.63, 3.8) is 0 Å². The number of nitrogens with zero attached hydrogens (tertiary/aromatic N) is 3. The second kappa shape index (κ2) is 13.5. The molecule has 0 N–H and O–H groups in total. The largest absolute Gasteiger partial charge is 0.422 e. The van der Waals surface area contributed by atoms with Crippen LogP contribution in [0, 0.1) is 20.8 Å². The lowest BCUT2D eigenvalue weighted by atomic mass is 9.79. The van der Waals surface area contributed by atoms with Crippen LogP contribution >= 0.6 is 0 Å². The molecule has 0 bridgehead atoms. The summed E-state index contributed by atoms with van der Waals surface area (Å²) in [6, 6.07) is 19.7. The third kappa shape index (κ3) is 5.92. The first kappa shape index (κ1) is 31.2. The van der Waals surface area contributed by atoms with E-state index in [1.54, 1.807) is 0 Å². The highest BCUT2D eigenvalue weighted by Gasteiger charge is 2.28. The van der Waals surface area contributed by atoms with Crippen molar-refractivity contribution < 1.29 is 4.42 Å². The molecule has 0 aliphatic carbocycles. The molecule has 5 heteroatoms. The van der Waals surface area contributed by atoms with Gasteiger partial charge in [0.15, 0.2) is 0 Å². The number of hydrogen-bond acceptors (Lipinski definition) is 5. The molecular weight excluding hydrogens is 518 g/mol. The van der Waals surface area contributed by atoms with Gasteiger partial charge in [0.05, 0.1) is 5.56 Å². The van der Waals surface area contributed by atoms with E-state index in [1.165, 1.54) is 22.5 Å². The normalized spacial score (nSPS) is 11.4. The van der Waals surface area contributed by atoms with Gasteiger partial charge < -0.3 is 19.1 Å². The highest BCUT2D eigenvalue weighted by atomic mass is 16.4. The van der Waals surface area contributed by atoms with Crippen molar-refractivity contribution in [3.05, 3.63) is 98.4 Å². The fourth-order valence-electron chi connectivity index (χ4n) is 6.50. The zero-order valence-corrected chi connectivity index (χ0v) is 27.2. The number of fused-ring (bicyclic) bond motifs is 1. The quantitative estimate of drug-likeness (QED) is 0.161. The molecule has 1 aromatic heterocycles. The van der Waals surface area contributed by atoms with Gasteiger partial charge in [0.1, 0.15) is 5.58 Å². The lowest BCUT2D eigenvalue weighted by Gasteiger charge is -2.28. The SMILES string of the molecule is CCN(CC)c1ccc(C(c2ccc(N(CC)CC)cc2C)c2c(C)c3ccc(N(CC)CC)cc3oc2=O)c(C)c1. The molecule has 0 unspecified atom stereocenters. The third-order valence-corrected chi connectivity index (χ3v) is 9.00. The van der Waals surface area contributed by atoms with E-state index in [0.29, 0.717) is 5.58 Å². The summed E-state index contributed by atoms with van der Waals surface area (Å²) >= 11 is 0. The van der Waals surface area contributed by atoms with Crippen molar-refractivity contribution >= 4 is 28.0 Å². The fourth-order valence-corrected chi connectivity index (χ4v) is 6.50. The standard InChI is InChI=1S/C37H49N3O2/c1-10-38(11-2)28-16-19-31(25(7)22-28)36(32-20-17-29(23-26(32)8)39(12-3)13-4)35-27(9)33-21-18-30(40(14-5)15-6)24-34(33)42-37(35)41/h16-24,36H,10-15H2,1-9H3. The number of aryl methyl sites for hydroxylation is 3. The summed E-state index contributed by atoms with van der Waals surface area (Å²) in [4.78, 5) is 21.0. The summed E-state index contributed by atoms with van der Waals surface area (Å²) in [6.07, 6.45) is 0. The molecule has 0 spiro atoms. The summed E-state index contributed by atoms with van der Waals surface area (Å²) < 4.78 is 6.15. The van der Waals surface area contributed by atoms with Gasteiger partial charge in [-0.3, -0.25) is 0 Å². The Hall–Kier alpha value is -3.73. The monoisotopic (exact) mass is 567 g/mol. The lowest BCUT2D eigenvalue weighted by Crippen LogP contribution is -2.23. The molecule has 42 heavy (non-hydrogen) atoms. The van der Waals surface area contributed by atoms with Crippen LogP contribution in [0.25, 0.3) is 11.0 Å². The van der Waals surface area contributed by atoms with E-state index in [1.807, 2.05) is 6.07 Å². The van der Waals surface area contributed by atoms with Gasteiger partial charge in [-0.1, -0.05) is 12.1 Å². The molecule has 0 atom stereocenters. The van der Waals surface area contributed by atoms with Crippen LogP contribution in [-0.2, 0) is 0 Å². The van der Waals surface area contributed by atoms with Gasteiger partial charge in [-0.2, -0.15) is 0 Å². The highest BCUT2D eigenvalue weighted by Crippen LogP contribution is 2.39. The van der Waals surface area contributed by atoms with Crippen molar-refractivity contribution in [1.82, 2.24) is 0 Å². The molecule has 3 aromatic carbocycles. The Balaban J connectivity index is 1.98. The molecule has 0 fully saturated rings. The molecule has 0 aliphatic rings. The molecule has 0 saturated carbocycles. The maximum Gasteiger partial charge on any atom is 0.340 e. The summed E-state index contributed by atoms with van der Waals surface area (Å²) in [6.45, 7) is 25.1. The van der Waals surface area contributed by atoms with Crippen molar-refractivity contribution in [1.29, 1.82) is 0 Å². The maximum absolute atomic E-state index is 14.0. The van der Waals surface area contributed by atoms with Crippen molar-refractivity contribution in [2.24, 2.45) is 0 Å². The predicted molar refractivity (Wildman–Crippen MR) is 181 cm³/mol. The molecule has 224 valence electrons. The van der Waals surface area contributed by atoms with Crippen molar-refractivity contribution in [3.8, 4) is 0 Å². The van der Waals surface area contributed by atoms with Crippen LogP contribution in [0.5, 0.6) is 0 Å². The molecule has 1 heterocycles. The molecule has 4 aromatic rings. The van der Waals surface area contributed by atoms with E-state index in [0.717, 1.165) is 72.6 Å². The van der Waals surface area contributed by atoms with Gasteiger partial charge in [0.2, 0.25) is 0 Å². The van der Waals surface area contributed by atoms with Crippen LogP contribution < -0.4 is 20.3 Å². The first-order valence-corrected chi connectivity index (χ1v) is 15.8. The number of anilines is 3. The van der Waals surface area contributed by atoms with Gasteiger partial charge >= 0.3 is 5.63 Å². The first-order chi connectivity index (χ1) is 20.2. The van der Waals surface area contributed by atoms with E-state index in [4.69, 9.17) is 4.42 Å². The lowest BCUT2D eigenvalue weighted by molar-refractivity contribution is 0.546. The van der Waals surface area contributed by atoms with Crippen LogP contribution in [0.1, 0.15) is 80.8 Å². The topological polar surface area (TPSA) is 39.9 Å². The minimum absolute atomic E-state index is 0.246.